The van der Waals surface area contributed by atoms with Crippen molar-refractivity contribution in [3.05, 3.63) is 81.0 Å². The third-order valence-corrected chi connectivity index (χ3v) is 11.9. The first-order valence-electron chi connectivity index (χ1n) is 12.8. The minimum atomic E-state index is -0.189. The fourth-order valence-corrected chi connectivity index (χ4v) is 10.9. The number of nitrogens with zero attached hydrogens (tertiary/aromatic N) is 2. The first-order chi connectivity index (χ1) is 17.3. The van der Waals surface area contributed by atoms with Gasteiger partial charge in [0.1, 0.15) is 0 Å². The van der Waals surface area contributed by atoms with Crippen molar-refractivity contribution in [1.82, 2.24) is 0 Å². The number of allylic oxidation sites excluding steroid dienone is 3. The molecule has 3 fully saturated rings. The highest BCUT2D eigenvalue weighted by molar-refractivity contribution is 8.10. The van der Waals surface area contributed by atoms with Gasteiger partial charge in [-0.2, -0.15) is 0 Å². The highest BCUT2D eigenvalue weighted by Crippen LogP contribution is 2.71. The zero-order chi connectivity index (χ0) is 24.9. The van der Waals surface area contributed by atoms with Crippen LogP contribution in [0.1, 0.15) is 29.9 Å². The molecule has 184 valence electrons. The van der Waals surface area contributed by atoms with E-state index in [-0.39, 0.29) is 41.4 Å². The summed E-state index contributed by atoms with van der Waals surface area (Å²) in [4.78, 5) is 35.3. The highest BCUT2D eigenvalue weighted by atomic mass is 32.2. The number of thioether (sulfide) groups is 2. The summed E-state index contributed by atoms with van der Waals surface area (Å²) in [6, 6.07) is 16.8. The third-order valence-electron chi connectivity index (χ3n) is 9.05. The summed E-state index contributed by atoms with van der Waals surface area (Å²) in [6.45, 7) is 6.33. The van der Waals surface area contributed by atoms with E-state index in [9.17, 15) is 9.59 Å². The van der Waals surface area contributed by atoms with Gasteiger partial charge in [-0.3, -0.25) is 14.5 Å². The first-order valence-corrected chi connectivity index (χ1v) is 14.5. The van der Waals surface area contributed by atoms with Gasteiger partial charge in [-0.15, -0.1) is 11.8 Å². The Labute approximate surface area is 221 Å². The van der Waals surface area contributed by atoms with E-state index in [2.05, 4.69) is 49.8 Å². The number of carbonyl (C=O) groups excluding carboxylic acids is 2. The highest BCUT2D eigenvalue weighted by Gasteiger charge is 2.69. The molecule has 2 aromatic carbocycles. The van der Waals surface area contributed by atoms with Gasteiger partial charge in [0.15, 0.2) is 0 Å². The number of hydrogen-bond donors (Lipinski definition) is 0. The number of benzene rings is 2. The van der Waals surface area contributed by atoms with E-state index in [1.165, 1.54) is 30.9 Å². The van der Waals surface area contributed by atoms with Crippen LogP contribution in [0.5, 0.6) is 0 Å². The van der Waals surface area contributed by atoms with E-state index in [0.29, 0.717) is 11.2 Å². The summed E-state index contributed by atoms with van der Waals surface area (Å²) in [5.41, 5.74) is 4.38. The molecule has 2 aliphatic carbocycles. The molecule has 0 aromatic heterocycles. The van der Waals surface area contributed by atoms with Crippen molar-refractivity contribution in [3.63, 3.8) is 0 Å². The SMILES string of the molecule is C=C1CC2=C(S1)C(c1ccc(N(C)C)cc1)C1C3CC(C1S2)C1C(=O)N(c2ccc(C)cc2)C(=O)C31. The molecule has 0 spiro atoms. The number of rotatable bonds is 3. The van der Waals surface area contributed by atoms with Gasteiger partial charge in [-0.05, 0) is 65.8 Å². The molecule has 0 radical (unpaired) electrons. The number of hydrogen-bond acceptors (Lipinski definition) is 5. The summed E-state index contributed by atoms with van der Waals surface area (Å²) < 4.78 is 0. The molecule has 2 bridgehead atoms. The van der Waals surface area contributed by atoms with Crippen LogP contribution in [0.15, 0.2) is 69.8 Å². The van der Waals surface area contributed by atoms with Gasteiger partial charge >= 0.3 is 0 Å². The van der Waals surface area contributed by atoms with Crippen molar-refractivity contribution < 1.29 is 9.59 Å². The average Bonchev–Trinajstić information content (AvgIpc) is 3.59. The quantitative estimate of drug-likeness (QED) is 0.457. The predicted octanol–water partition coefficient (Wildman–Crippen LogP) is 6.19. The Balaban J connectivity index is 1.29. The topological polar surface area (TPSA) is 40.6 Å². The number of imide groups is 1. The lowest BCUT2D eigenvalue weighted by Gasteiger charge is -2.44. The van der Waals surface area contributed by atoms with Gasteiger partial charge in [0.05, 0.1) is 17.5 Å². The molecule has 2 amide bonds. The maximum absolute atomic E-state index is 13.9. The molecule has 4 nitrogen and oxygen atoms in total. The molecule has 5 aliphatic rings. The largest absolute Gasteiger partial charge is 0.378 e. The van der Waals surface area contributed by atoms with Crippen molar-refractivity contribution in [3.8, 4) is 0 Å². The van der Waals surface area contributed by atoms with Crippen LogP contribution < -0.4 is 9.80 Å². The van der Waals surface area contributed by atoms with Gasteiger partial charge in [-0.25, -0.2) is 0 Å². The summed E-state index contributed by atoms with van der Waals surface area (Å²) in [5, 5.41) is 0.384. The molecule has 0 N–H and O–H groups in total. The van der Waals surface area contributed by atoms with E-state index >= 15 is 0 Å². The molecule has 3 aliphatic heterocycles. The van der Waals surface area contributed by atoms with E-state index in [4.69, 9.17) is 0 Å². The molecule has 2 saturated carbocycles. The summed E-state index contributed by atoms with van der Waals surface area (Å²) in [5.74, 6) is 0.842. The lowest BCUT2D eigenvalue weighted by Crippen LogP contribution is -2.42. The molecule has 7 atom stereocenters. The number of aryl methyl sites for hydroxylation is 1. The zero-order valence-electron chi connectivity index (χ0n) is 20.8. The van der Waals surface area contributed by atoms with Crippen molar-refractivity contribution in [2.45, 2.75) is 30.9 Å². The first kappa shape index (κ1) is 22.7. The number of anilines is 2. The van der Waals surface area contributed by atoms with Crippen LogP contribution in [0, 0.1) is 36.5 Å². The number of carbonyl (C=O) groups is 2. The lowest BCUT2D eigenvalue weighted by molar-refractivity contribution is -0.123. The molecule has 7 rings (SSSR count). The number of fused-ring (bicyclic) bond motifs is 8. The standard InChI is InChI=1S/C30H30N2O2S2/c1-15-5-9-19(10-6-15)32-29(33)25-20-14-21(26(25)30(32)34)27-24(20)23(28-22(36-27)13-16(2)35-28)17-7-11-18(12-8-17)31(3)4/h5-12,20-21,23-27H,2,13-14H2,1,3-4H3. The second-order valence-electron chi connectivity index (χ2n) is 11.2. The number of amides is 2. The van der Waals surface area contributed by atoms with Crippen LogP contribution in [-0.2, 0) is 9.59 Å². The fraction of sp³-hybridized carbons (Fsp3) is 0.400. The minimum absolute atomic E-state index is 0.0229. The van der Waals surface area contributed by atoms with Gasteiger partial charge in [0.2, 0.25) is 11.8 Å². The fourth-order valence-electron chi connectivity index (χ4n) is 7.58. The normalized spacial score (nSPS) is 34.4. The van der Waals surface area contributed by atoms with Crippen LogP contribution >= 0.6 is 23.5 Å². The van der Waals surface area contributed by atoms with Gasteiger partial charge in [0, 0.05) is 47.2 Å². The smallest absolute Gasteiger partial charge is 0.238 e. The maximum atomic E-state index is 13.9. The zero-order valence-corrected chi connectivity index (χ0v) is 22.4. The molecule has 2 aromatic rings. The van der Waals surface area contributed by atoms with Crippen LogP contribution in [0.25, 0.3) is 0 Å². The van der Waals surface area contributed by atoms with Crippen molar-refractivity contribution in [2.75, 3.05) is 23.9 Å². The van der Waals surface area contributed by atoms with E-state index in [0.717, 1.165) is 24.1 Å². The molecule has 7 unspecified atom stereocenters. The second kappa shape index (κ2) is 8.03. The summed E-state index contributed by atoms with van der Waals surface area (Å²) >= 11 is 3.86. The molecular formula is C30H30N2O2S2. The Morgan fingerprint density at radius 1 is 0.944 bits per heavy atom. The maximum Gasteiger partial charge on any atom is 0.238 e. The van der Waals surface area contributed by atoms with Crippen LogP contribution in [-0.4, -0.2) is 31.2 Å². The molecule has 1 saturated heterocycles. The lowest BCUT2D eigenvalue weighted by atomic mass is 9.68. The monoisotopic (exact) mass is 514 g/mol. The van der Waals surface area contributed by atoms with Crippen molar-refractivity contribution in [2.24, 2.45) is 29.6 Å². The summed E-state index contributed by atoms with van der Waals surface area (Å²) in [6.07, 6.45) is 1.93. The van der Waals surface area contributed by atoms with Crippen molar-refractivity contribution >= 4 is 46.7 Å². The Hall–Kier alpha value is -2.44. The van der Waals surface area contributed by atoms with Crippen LogP contribution in [0.2, 0.25) is 0 Å². The van der Waals surface area contributed by atoms with Crippen LogP contribution in [0.4, 0.5) is 11.4 Å². The molecule has 6 heteroatoms. The third kappa shape index (κ3) is 3.10. The average molecular weight is 515 g/mol. The van der Waals surface area contributed by atoms with E-state index < -0.39 is 0 Å². The Bertz CT molecular complexity index is 1330. The Kier molecular flexibility index (Phi) is 5.07. The van der Waals surface area contributed by atoms with E-state index in [1.807, 2.05) is 54.7 Å². The molecule has 36 heavy (non-hydrogen) atoms. The predicted molar refractivity (Wildman–Crippen MR) is 149 cm³/mol. The summed E-state index contributed by atoms with van der Waals surface area (Å²) in [7, 11) is 4.14. The van der Waals surface area contributed by atoms with Crippen molar-refractivity contribution in [1.29, 1.82) is 0 Å². The molecule has 3 heterocycles. The van der Waals surface area contributed by atoms with E-state index in [1.54, 1.807) is 0 Å². The van der Waals surface area contributed by atoms with Crippen LogP contribution in [0.3, 0.4) is 0 Å². The van der Waals surface area contributed by atoms with Gasteiger partial charge < -0.3 is 4.90 Å². The van der Waals surface area contributed by atoms with Gasteiger partial charge in [0.25, 0.3) is 0 Å². The minimum Gasteiger partial charge on any atom is -0.378 e. The van der Waals surface area contributed by atoms with Gasteiger partial charge in [-0.1, -0.05) is 48.2 Å². The Morgan fingerprint density at radius 3 is 2.28 bits per heavy atom. The molecular weight excluding hydrogens is 484 g/mol. The second-order valence-corrected chi connectivity index (χ2v) is 13.7. The Morgan fingerprint density at radius 2 is 1.61 bits per heavy atom.